The van der Waals surface area contributed by atoms with Gasteiger partial charge in [-0.15, -0.1) is 0 Å². The highest BCUT2D eigenvalue weighted by molar-refractivity contribution is 5.20. The molecule has 0 aliphatic rings. The van der Waals surface area contributed by atoms with E-state index in [1.807, 2.05) is 12.4 Å². The van der Waals surface area contributed by atoms with Crippen molar-refractivity contribution in [2.75, 3.05) is 0 Å². The zero-order valence-electron chi connectivity index (χ0n) is 9.56. The van der Waals surface area contributed by atoms with Crippen molar-refractivity contribution < 1.29 is 5.32 Å². The van der Waals surface area contributed by atoms with Crippen LogP contribution in [0.15, 0.2) is 48.8 Å². The van der Waals surface area contributed by atoms with Crippen molar-refractivity contribution in [1.29, 1.82) is 0 Å². The molecule has 0 saturated heterocycles. The maximum Gasteiger partial charge on any atom is 0.102 e. The Balaban J connectivity index is 1.82. The van der Waals surface area contributed by atoms with Gasteiger partial charge in [-0.2, -0.15) is 0 Å². The molecule has 2 heteroatoms. The van der Waals surface area contributed by atoms with Crippen LogP contribution in [0.3, 0.4) is 0 Å². The van der Waals surface area contributed by atoms with Crippen LogP contribution in [-0.2, 0) is 13.1 Å². The Kier molecular flexibility index (Phi) is 3.67. The second kappa shape index (κ2) is 5.42. The second-order valence-corrected chi connectivity index (χ2v) is 4.04. The van der Waals surface area contributed by atoms with E-state index in [-0.39, 0.29) is 0 Å². The Bertz CT molecular complexity index is 420. The van der Waals surface area contributed by atoms with E-state index in [2.05, 4.69) is 53.6 Å². The van der Waals surface area contributed by atoms with Crippen molar-refractivity contribution in [1.82, 2.24) is 4.98 Å². The molecule has 2 N–H and O–H groups in total. The topological polar surface area (TPSA) is 29.5 Å². The molecule has 0 unspecified atom stereocenters. The lowest BCUT2D eigenvalue weighted by molar-refractivity contribution is -0.686. The molecule has 0 amide bonds. The molecule has 0 aliphatic heterocycles. The third kappa shape index (κ3) is 3.17. The summed E-state index contributed by atoms with van der Waals surface area (Å²) in [6.07, 6.45) is 3.68. The summed E-state index contributed by atoms with van der Waals surface area (Å²) < 4.78 is 0. The Hall–Kier alpha value is -1.67. The highest BCUT2D eigenvalue weighted by Gasteiger charge is 1.96. The third-order valence-electron chi connectivity index (χ3n) is 2.63. The largest absolute Gasteiger partial charge is 0.339 e. The molecule has 16 heavy (non-hydrogen) atoms. The summed E-state index contributed by atoms with van der Waals surface area (Å²) in [6, 6.07) is 12.8. The van der Waals surface area contributed by atoms with Gasteiger partial charge in [0.05, 0.1) is 0 Å². The van der Waals surface area contributed by atoms with Gasteiger partial charge in [0.2, 0.25) is 0 Å². The number of aryl methyl sites for hydroxylation is 1. The molecular formula is C14H17N2+. The highest BCUT2D eigenvalue weighted by atomic mass is 14.8. The molecule has 2 nitrogen and oxygen atoms in total. The minimum Gasteiger partial charge on any atom is -0.339 e. The summed E-state index contributed by atoms with van der Waals surface area (Å²) in [6.45, 7) is 4.16. The van der Waals surface area contributed by atoms with Gasteiger partial charge >= 0.3 is 0 Å². The number of hydrogen-bond donors (Lipinski definition) is 1. The van der Waals surface area contributed by atoms with Crippen LogP contribution < -0.4 is 5.32 Å². The van der Waals surface area contributed by atoms with Gasteiger partial charge in [0, 0.05) is 23.5 Å². The fraction of sp³-hybridized carbons (Fsp3) is 0.214. The van der Waals surface area contributed by atoms with Crippen molar-refractivity contribution in [2.24, 2.45) is 0 Å². The molecule has 1 aromatic heterocycles. The van der Waals surface area contributed by atoms with Crippen molar-refractivity contribution in [2.45, 2.75) is 20.0 Å². The standard InChI is InChI=1S/C14H16N2/c1-12-2-4-13(5-3-12)10-16-11-14-6-8-15-9-7-14/h2-9,16H,10-11H2,1H3/p+1. The normalized spacial score (nSPS) is 10.3. The average Bonchev–Trinajstić information content (AvgIpc) is 2.33. The number of nitrogens with zero attached hydrogens (tertiary/aromatic N) is 1. The van der Waals surface area contributed by atoms with E-state index < -0.39 is 0 Å². The molecule has 0 fully saturated rings. The van der Waals surface area contributed by atoms with Crippen molar-refractivity contribution in [3.05, 3.63) is 65.5 Å². The first-order chi connectivity index (χ1) is 7.84. The lowest BCUT2D eigenvalue weighted by atomic mass is 10.1. The number of rotatable bonds is 4. The predicted molar refractivity (Wildman–Crippen MR) is 64.7 cm³/mol. The molecule has 0 aliphatic carbocycles. The van der Waals surface area contributed by atoms with Gasteiger partial charge in [-0.3, -0.25) is 4.98 Å². The Labute approximate surface area is 96.4 Å². The average molecular weight is 213 g/mol. The Morgan fingerprint density at radius 3 is 2.06 bits per heavy atom. The smallest absolute Gasteiger partial charge is 0.102 e. The number of hydrogen-bond acceptors (Lipinski definition) is 1. The number of quaternary nitrogens is 1. The SMILES string of the molecule is Cc1ccc(C[NH2+]Cc2ccncc2)cc1. The first-order valence-corrected chi connectivity index (χ1v) is 5.61. The summed E-state index contributed by atoms with van der Waals surface area (Å²) in [7, 11) is 0. The molecule has 0 radical (unpaired) electrons. The summed E-state index contributed by atoms with van der Waals surface area (Å²) in [4.78, 5) is 4.01. The van der Waals surface area contributed by atoms with Gasteiger partial charge in [-0.1, -0.05) is 29.8 Å². The fourth-order valence-corrected chi connectivity index (χ4v) is 1.65. The van der Waals surface area contributed by atoms with E-state index in [1.165, 1.54) is 16.7 Å². The first-order valence-electron chi connectivity index (χ1n) is 5.61. The van der Waals surface area contributed by atoms with Gasteiger partial charge in [0.25, 0.3) is 0 Å². The van der Waals surface area contributed by atoms with Crippen LogP contribution in [0, 0.1) is 6.92 Å². The van der Waals surface area contributed by atoms with Gasteiger partial charge in [-0.25, -0.2) is 0 Å². The van der Waals surface area contributed by atoms with Crippen molar-refractivity contribution in [3.8, 4) is 0 Å². The summed E-state index contributed by atoms with van der Waals surface area (Å²) in [5.74, 6) is 0. The van der Waals surface area contributed by atoms with Gasteiger partial charge in [0.1, 0.15) is 13.1 Å². The molecule has 2 rings (SSSR count). The first kappa shape index (κ1) is 10.8. The summed E-state index contributed by atoms with van der Waals surface area (Å²) in [5, 5.41) is 2.31. The molecule has 0 spiro atoms. The Morgan fingerprint density at radius 1 is 0.875 bits per heavy atom. The van der Waals surface area contributed by atoms with Gasteiger partial charge < -0.3 is 5.32 Å². The Morgan fingerprint density at radius 2 is 1.44 bits per heavy atom. The van der Waals surface area contributed by atoms with Crippen molar-refractivity contribution in [3.63, 3.8) is 0 Å². The predicted octanol–water partition coefficient (Wildman–Crippen LogP) is 1.65. The lowest BCUT2D eigenvalue weighted by Gasteiger charge is -2.02. The number of benzene rings is 1. The van der Waals surface area contributed by atoms with Crippen LogP contribution in [0.4, 0.5) is 0 Å². The van der Waals surface area contributed by atoms with Gasteiger partial charge in [0.15, 0.2) is 0 Å². The molecule has 0 atom stereocenters. The van der Waals surface area contributed by atoms with E-state index in [9.17, 15) is 0 Å². The number of aromatic nitrogens is 1. The minimum atomic E-state index is 1.01. The summed E-state index contributed by atoms with van der Waals surface area (Å²) >= 11 is 0. The van der Waals surface area contributed by atoms with E-state index in [0.717, 1.165) is 13.1 Å². The summed E-state index contributed by atoms with van der Waals surface area (Å²) in [5.41, 5.74) is 4.01. The minimum absolute atomic E-state index is 1.01. The number of nitrogens with two attached hydrogens (primary N) is 1. The van der Waals surface area contributed by atoms with Crippen molar-refractivity contribution >= 4 is 0 Å². The van der Waals surface area contributed by atoms with Crippen LogP contribution in [0.1, 0.15) is 16.7 Å². The van der Waals surface area contributed by atoms with E-state index in [1.54, 1.807) is 0 Å². The molecule has 1 heterocycles. The molecule has 0 saturated carbocycles. The maximum atomic E-state index is 4.01. The molecule has 1 aromatic carbocycles. The number of pyridine rings is 1. The van der Waals surface area contributed by atoms with E-state index in [0.29, 0.717) is 0 Å². The molecule has 82 valence electrons. The van der Waals surface area contributed by atoms with Crippen LogP contribution in [-0.4, -0.2) is 4.98 Å². The quantitative estimate of drug-likeness (QED) is 0.822. The second-order valence-electron chi connectivity index (χ2n) is 4.04. The van der Waals surface area contributed by atoms with Crippen LogP contribution in [0.25, 0.3) is 0 Å². The molecule has 2 aromatic rings. The fourth-order valence-electron chi connectivity index (χ4n) is 1.65. The highest BCUT2D eigenvalue weighted by Crippen LogP contribution is 2.01. The van der Waals surface area contributed by atoms with E-state index >= 15 is 0 Å². The van der Waals surface area contributed by atoms with Crippen LogP contribution >= 0.6 is 0 Å². The van der Waals surface area contributed by atoms with Crippen LogP contribution in [0.5, 0.6) is 0 Å². The zero-order chi connectivity index (χ0) is 11.2. The lowest BCUT2D eigenvalue weighted by Crippen LogP contribution is -2.80. The third-order valence-corrected chi connectivity index (χ3v) is 2.63. The van der Waals surface area contributed by atoms with Gasteiger partial charge in [-0.05, 0) is 19.1 Å². The maximum absolute atomic E-state index is 4.01. The molecule has 0 bridgehead atoms. The zero-order valence-corrected chi connectivity index (χ0v) is 9.56. The molecular weight excluding hydrogens is 196 g/mol. The van der Waals surface area contributed by atoms with E-state index in [4.69, 9.17) is 0 Å². The monoisotopic (exact) mass is 213 g/mol. The van der Waals surface area contributed by atoms with Crippen LogP contribution in [0.2, 0.25) is 0 Å².